The van der Waals surface area contributed by atoms with E-state index in [2.05, 4.69) is 36.5 Å². The van der Waals surface area contributed by atoms with Gasteiger partial charge in [-0.25, -0.2) is 4.98 Å². The summed E-state index contributed by atoms with van der Waals surface area (Å²) in [7, 11) is 1.78. The summed E-state index contributed by atoms with van der Waals surface area (Å²) >= 11 is 3.38. The number of nitrogens with zero attached hydrogens (tertiary/aromatic N) is 2. The van der Waals surface area contributed by atoms with Crippen LogP contribution in [0.25, 0.3) is 0 Å². The van der Waals surface area contributed by atoms with Crippen LogP contribution in [0.3, 0.4) is 0 Å². The summed E-state index contributed by atoms with van der Waals surface area (Å²) in [6.07, 6.45) is 3.34. The molecule has 0 unspecified atom stereocenters. The second-order valence-corrected chi connectivity index (χ2v) is 3.93. The maximum atomic E-state index is 5.21. The molecule has 5 nitrogen and oxygen atoms in total. The van der Waals surface area contributed by atoms with Crippen molar-refractivity contribution in [1.82, 2.24) is 9.97 Å². The van der Waals surface area contributed by atoms with E-state index in [0.29, 0.717) is 12.5 Å². The van der Waals surface area contributed by atoms with Crippen molar-refractivity contribution in [2.45, 2.75) is 6.54 Å². The average molecular weight is 283 g/mol. The third-order valence-electron chi connectivity index (χ3n) is 1.98. The molecule has 2 heterocycles. The van der Waals surface area contributed by atoms with Crippen LogP contribution in [0.2, 0.25) is 0 Å². The van der Waals surface area contributed by atoms with Crippen LogP contribution in [0.1, 0.15) is 5.76 Å². The van der Waals surface area contributed by atoms with Gasteiger partial charge in [-0.1, -0.05) is 0 Å². The Balaban J connectivity index is 2.08. The lowest BCUT2D eigenvalue weighted by Crippen LogP contribution is -2.04. The molecule has 0 aliphatic rings. The zero-order valence-corrected chi connectivity index (χ0v) is 10.3. The second-order valence-electron chi connectivity index (χ2n) is 3.07. The number of hydrogen-bond donors (Lipinski definition) is 2. The quantitative estimate of drug-likeness (QED) is 0.902. The van der Waals surface area contributed by atoms with Gasteiger partial charge in [-0.3, -0.25) is 0 Å². The Kier molecular flexibility index (Phi) is 3.40. The first kappa shape index (κ1) is 10.9. The Labute approximate surface area is 101 Å². The van der Waals surface area contributed by atoms with E-state index in [1.165, 1.54) is 0 Å². The Morgan fingerprint density at radius 1 is 1.50 bits per heavy atom. The molecule has 0 bridgehead atoms. The van der Waals surface area contributed by atoms with E-state index in [0.717, 1.165) is 16.1 Å². The summed E-state index contributed by atoms with van der Waals surface area (Å²) in [4.78, 5) is 8.34. The average Bonchev–Trinajstić information content (AvgIpc) is 2.81. The van der Waals surface area contributed by atoms with Crippen LogP contribution in [0.15, 0.2) is 33.5 Å². The number of furan rings is 1. The van der Waals surface area contributed by atoms with E-state index in [-0.39, 0.29) is 0 Å². The number of nitrogens with one attached hydrogen (secondary N) is 2. The van der Waals surface area contributed by atoms with Crippen molar-refractivity contribution in [1.29, 1.82) is 0 Å². The van der Waals surface area contributed by atoms with Gasteiger partial charge in [0.25, 0.3) is 0 Å². The van der Waals surface area contributed by atoms with Gasteiger partial charge in [0, 0.05) is 13.2 Å². The van der Waals surface area contributed by atoms with Crippen molar-refractivity contribution < 1.29 is 4.42 Å². The van der Waals surface area contributed by atoms with Gasteiger partial charge >= 0.3 is 0 Å². The zero-order chi connectivity index (χ0) is 11.4. The largest absolute Gasteiger partial charge is 0.467 e. The number of rotatable bonds is 4. The highest BCUT2D eigenvalue weighted by atomic mass is 79.9. The van der Waals surface area contributed by atoms with Crippen molar-refractivity contribution in [3.8, 4) is 0 Å². The highest BCUT2D eigenvalue weighted by Crippen LogP contribution is 2.20. The molecule has 0 atom stereocenters. The number of anilines is 2. The Bertz CT molecular complexity index is 458. The predicted octanol–water partition coefficient (Wildman–Crippen LogP) is 2.49. The van der Waals surface area contributed by atoms with Crippen LogP contribution in [0.4, 0.5) is 11.8 Å². The van der Waals surface area contributed by atoms with Crippen molar-refractivity contribution in [2.24, 2.45) is 0 Å². The third-order valence-corrected chi connectivity index (χ3v) is 2.56. The summed E-state index contributed by atoms with van der Waals surface area (Å²) in [6.45, 7) is 0.589. The highest BCUT2D eigenvalue weighted by Gasteiger charge is 2.04. The van der Waals surface area contributed by atoms with Crippen LogP contribution in [-0.2, 0) is 6.54 Å². The fourth-order valence-electron chi connectivity index (χ4n) is 1.20. The monoisotopic (exact) mass is 282 g/mol. The molecule has 0 saturated carbocycles. The standard InChI is InChI=1S/C10H11BrN4O/c1-12-10-14-6-8(11)9(15-10)13-5-7-3-2-4-16-7/h2-4,6H,5H2,1H3,(H2,12,13,14,15). The molecule has 0 aliphatic carbocycles. The molecule has 0 amide bonds. The van der Waals surface area contributed by atoms with Gasteiger partial charge in [0.1, 0.15) is 11.6 Å². The highest BCUT2D eigenvalue weighted by molar-refractivity contribution is 9.10. The molecule has 2 aromatic rings. The molecule has 2 aromatic heterocycles. The molecule has 0 aromatic carbocycles. The van der Waals surface area contributed by atoms with E-state index in [9.17, 15) is 0 Å². The Hall–Kier alpha value is -1.56. The minimum atomic E-state index is 0.574. The molecule has 16 heavy (non-hydrogen) atoms. The first-order valence-electron chi connectivity index (χ1n) is 4.76. The predicted molar refractivity (Wildman–Crippen MR) is 65.3 cm³/mol. The molecule has 0 saturated heterocycles. The fourth-order valence-corrected chi connectivity index (χ4v) is 1.53. The molecule has 2 N–H and O–H groups in total. The van der Waals surface area contributed by atoms with Gasteiger partial charge in [0.2, 0.25) is 5.95 Å². The maximum absolute atomic E-state index is 5.21. The third kappa shape index (κ3) is 2.52. The molecule has 0 aliphatic heterocycles. The number of hydrogen-bond acceptors (Lipinski definition) is 5. The summed E-state index contributed by atoms with van der Waals surface area (Å²) in [6, 6.07) is 3.76. The van der Waals surface area contributed by atoms with Crippen LogP contribution in [-0.4, -0.2) is 17.0 Å². The Morgan fingerprint density at radius 3 is 3.06 bits per heavy atom. The zero-order valence-electron chi connectivity index (χ0n) is 8.70. The minimum absolute atomic E-state index is 0.574. The number of halogens is 1. The van der Waals surface area contributed by atoms with Crippen molar-refractivity contribution in [3.05, 3.63) is 34.8 Å². The van der Waals surface area contributed by atoms with Gasteiger partial charge < -0.3 is 15.1 Å². The molecule has 0 spiro atoms. The van der Waals surface area contributed by atoms with E-state index in [4.69, 9.17) is 4.42 Å². The first-order chi connectivity index (χ1) is 7.79. The van der Waals surface area contributed by atoms with Crippen LogP contribution < -0.4 is 10.6 Å². The normalized spacial score (nSPS) is 10.1. The van der Waals surface area contributed by atoms with E-state index < -0.39 is 0 Å². The lowest BCUT2D eigenvalue weighted by molar-refractivity contribution is 0.517. The van der Waals surface area contributed by atoms with Gasteiger partial charge in [-0.15, -0.1) is 0 Å². The molecule has 0 radical (unpaired) electrons. The SMILES string of the molecule is CNc1ncc(Br)c(NCc2ccco2)n1. The van der Waals surface area contributed by atoms with E-state index in [1.807, 2.05) is 12.1 Å². The minimum Gasteiger partial charge on any atom is -0.467 e. The molecule has 2 rings (SSSR count). The van der Waals surface area contributed by atoms with Gasteiger partial charge in [0.05, 0.1) is 17.3 Å². The van der Waals surface area contributed by atoms with Gasteiger partial charge in [-0.05, 0) is 28.1 Å². The van der Waals surface area contributed by atoms with E-state index in [1.54, 1.807) is 19.5 Å². The van der Waals surface area contributed by atoms with Crippen LogP contribution in [0, 0.1) is 0 Å². The molecular weight excluding hydrogens is 272 g/mol. The summed E-state index contributed by atoms with van der Waals surface area (Å²) < 4.78 is 6.03. The van der Waals surface area contributed by atoms with Gasteiger partial charge in [-0.2, -0.15) is 4.98 Å². The smallest absolute Gasteiger partial charge is 0.224 e. The van der Waals surface area contributed by atoms with E-state index >= 15 is 0 Å². The molecule has 84 valence electrons. The number of aromatic nitrogens is 2. The topological polar surface area (TPSA) is 63.0 Å². The first-order valence-corrected chi connectivity index (χ1v) is 5.55. The van der Waals surface area contributed by atoms with Crippen molar-refractivity contribution in [2.75, 3.05) is 17.7 Å². The summed E-state index contributed by atoms with van der Waals surface area (Å²) in [5, 5.41) is 6.04. The van der Waals surface area contributed by atoms with Crippen molar-refractivity contribution >= 4 is 27.7 Å². The summed E-state index contributed by atoms with van der Waals surface area (Å²) in [5.41, 5.74) is 0. The lowest BCUT2D eigenvalue weighted by atomic mass is 10.4. The Morgan fingerprint density at radius 2 is 2.38 bits per heavy atom. The van der Waals surface area contributed by atoms with Crippen LogP contribution in [0.5, 0.6) is 0 Å². The summed E-state index contributed by atoms with van der Waals surface area (Å²) in [5.74, 6) is 2.16. The van der Waals surface area contributed by atoms with Gasteiger partial charge in [0.15, 0.2) is 0 Å². The fraction of sp³-hybridized carbons (Fsp3) is 0.200. The second kappa shape index (κ2) is 4.98. The molecular formula is C10H11BrN4O. The van der Waals surface area contributed by atoms with Crippen molar-refractivity contribution in [3.63, 3.8) is 0 Å². The molecule has 0 fully saturated rings. The lowest BCUT2D eigenvalue weighted by Gasteiger charge is -2.07. The maximum Gasteiger partial charge on any atom is 0.224 e. The molecule has 6 heteroatoms. The van der Waals surface area contributed by atoms with Crippen LogP contribution >= 0.6 is 15.9 Å².